The fourth-order valence-corrected chi connectivity index (χ4v) is 2.00. The zero-order valence-corrected chi connectivity index (χ0v) is 11.7. The molecule has 0 unspecified atom stereocenters. The van der Waals surface area contributed by atoms with E-state index in [2.05, 4.69) is 0 Å². The quantitative estimate of drug-likeness (QED) is 0.876. The molecule has 1 amide bonds. The van der Waals surface area contributed by atoms with Gasteiger partial charge in [0, 0.05) is 23.5 Å². The Bertz CT molecular complexity index is 628. The fraction of sp³-hybridized carbons (Fsp3) is 0.133. The van der Waals surface area contributed by atoms with Gasteiger partial charge in [0.1, 0.15) is 5.82 Å². The first-order valence-corrected chi connectivity index (χ1v) is 6.53. The van der Waals surface area contributed by atoms with Crippen LogP contribution in [0.15, 0.2) is 42.5 Å². The summed E-state index contributed by atoms with van der Waals surface area (Å²) in [5.41, 5.74) is 7.21. The van der Waals surface area contributed by atoms with Crippen LogP contribution in [0.4, 0.5) is 15.8 Å². The second kappa shape index (κ2) is 5.92. The summed E-state index contributed by atoms with van der Waals surface area (Å²) in [6, 6.07) is 11.0. The number of carbonyl (C=O) groups excluding carboxylic acids is 1. The molecule has 0 heterocycles. The molecule has 3 nitrogen and oxygen atoms in total. The third kappa shape index (κ3) is 2.91. The molecule has 2 aromatic carbocycles. The second-order valence-corrected chi connectivity index (χ2v) is 4.68. The predicted octanol–water partition coefficient (Wildman–Crippen LogP) is 3.73. The highest BCUT2D eigenvalue weighted by atomic mass is 35.5. The first kappa shape index (κ1) is 14.3. The normalized spacial score (nSPS) is 10.3. The van der Waals surface area contributed by atoms with Crippen LogP contribution in [-0.2, 0) is 0 Å². The summed E-state index contributed by atoms with van der Waals surface area (Å²) >= 11 is 5.62. The molecule has 0 atom stereocenters. The van der Waals surface area contributed by atoms with Crippen molar-refractivity contribution in [1.29, 1.82) is 0 Å². The van der Waals surface area contributed by atoms with Crippen molar-refractivity contribution in [3.8, 4) is 0 Å². The van der Waals surface area contributed by atoms with Crippen molar-refractivity contribution >= 4 is 28.9 Å². The summed E-state index contributed by atoms with van der Waals surface area (Å²) in [6.45, 7) is 2.31. The van der Waals surface area contributed by atoms with Crippen LogP contribution in [0, 0.1) is 5.82 Å². The Kier molecular flexibility index (Phi) is 4.25. The number of nitrogens with two attached hydrogens (primary N) is 1. The Labute approximate surface area is 121 Å². The average molecular weight is 293 g/mol. The van der Waals surface area contributed by atoms with Gasteiger partial charge in [-0.05, 0) is 49.4 Å². The van der Waals surface area contributed by atoms with Crippen LogP contribution < -0.4 is 10.6 Å². The van der Waals surface area contributed by atoms with E-state index in [0.717, 1.165) is 6.07 Å². The number of nitrogens with zero attached hydrogens (tertiary/aromatic N) is 1. The average Bonchev–Trinajstić information content (AvgIpc) is 2.44. The lowest BCUT2D eigenvalue weighted by atomic mass is 10.1. The number of hydrogen-bond acceptors (Lipinski definition) is 2. The summed E-state index contributed by atoms with van der Waals surface area (Å²) in [7, 11) is 0. The minimum absolute atomic E-state index is 0.00270. The maximum Gasteiger partial charge on any atom is 0.258 e. The van der Waals surface area contributed by atoms with Gasteiger partial charge in [-0.15, -0.1) is 0 Å². The molecule has 0 saturated carbocycles. The maximum absolute atomic E-state index is 13.4. The smallest absolute Gasteiger partial charge is 0.258 e. The van der Waals surface area contributed by atoms with Gasteiger partial charge < -0.3 is 10.6 Å². The van der Waals surface area contributed by atoms with E-state index in [4.69, 9.17) is 17.3 Å². The van der Waals surface area contributed by atoms with E-state index in [1.165, 1.54) is 12.1 Å². The van der Waals surface area contributed by atoms with Gasteiger partial charge in [0.05, 0.1) is 5.02 Å². The number of halogens is 2. The molecule has 2 aromatic rings. The van der Waals surface area contributed by atoms with E-state index >= 15 is 0 Å². The summed E-state index contributed by atoms with van der Waals surface area (Å²) in [6.07, 6.45) is 0. The van der Waals surface area contributed by atoms with E-state index in [1.807, 2.05) is 6.92 Å². The lowest BCUT2D eigenvalue weighted by molar-refractivity contribution is 0.0988. The highest BCUT2D eigenvalue weighted by molar-refractivity contribution is 6.30. The molecule has 0 radical (unpaired) electrons. The lowest BCUT2D eigenvalue weighted by Crippen LogP contribution is -2.30. The largest absolute Gasteiger partial charge is 0.399 e. The zero-order chi connectivity index (χ0) is 14.7. The van der Waals surface area contributed by atoms with Crippen LogP contribution in [0.2, 0.25) is 5.02 Å². The minimum atomic E-state index is -0.606. The molecule has 20 heavy (non-hydrogen) atoms. The fourth-order valence-electron chi connectivity index (χ4n) is 1.88. The minimum Gasteiger partial charge on any atom is -0.399 e. The number of benzene rings is 2. The second-order valence-electron chi connectivity index (χ2n) is 4.27. The Hall–Kier alpha value is -2.07. The highest BCUT2D eigenvalue weighted by Crippen LogP contribution is 2.21. The van der Waals surface area contributed by atoms with Gasteiger partial charge in [-0.2, -0.15) is 0 Å². The molecule has 0 spiro atoms. The molecule has 5 heteroatoms. The van der Waals surface area contributed by atoms with Gasteiger partial charge in [0.15, 0.2) is 0 Å². The highest BCUT2D eigenvalue weighted by Gasteiger charge is 2.17. The molecule has 0 bridgehead atoms. The first-order valence-electron chi connectivity index (χ1n) is 6.15. The molecular weight excluding hydrogens is 279 g/mol. The first-order chi connectivity index (χ1) is 9.52. The SMILES string of the molecule is CCN(C(=O)c1ccc(Cl)c(F)c1)c1ccc(N)cc1. The molecule has 2 N–H and O–H groups in total. The Morgan fingerprint density at radius 1 is 1.25 bits per heavy atom. The number of hydrogen-bond donors (Lipinski definition) is 1. The summed E-state index contributed by atoms with van der Waals surface area (Å²) in [5, 5.41) is -0.00270. The van der Waals surface area contributed by atoms with Gasteiger partial charge >= 0.3 is 0 Å². The van der Waals surface area contributed by atoms with Crippen molar-refractivity contribution in [3.05, 3.63) is 58.9 Å². The van der Waals surface area contributed by atoms with E-state index in [9.17, 15) is 9.18 Å². The third-order valence-electron chi connectivity index (χ3n) is 2.93. The van der Waals surface area contributed by atoms with E-state index in [1.54, 1.807) is 29.2 Å². The number of nitrogen functional groups attached to an aromatic ring is 1. The van der Waals surface area contributed by atoms with Gasteiger partial charge in [-0.25, -0.2) is 4.39 Å². The van der Waals surface area contributed by atoms with Crippen molar-refractivity contribution in [3.63, 3.8) is 0 Å². The molecule has 0 aliphatic rings. The van der Waals surface area contributed by atoms with Crippen LogP contribution in [0.25, 0.3) is 0 Å². The van der Waals surface area contributed by atoms with Crippen LogP contribution in [0.3, 0.4) is 0 Å². The molecule has 0 aliphatic carbocycles. The summed E-state index contributed by atoms with van der Waals surface area (Å²) < 4.78 is 13.4. The monoisotopic (exact) mass is 292 g/mol. The van der Waals surface area contributed by atoms with E-state index in [-0.39, 0.29) is 16.5 Å². The number of anilines is 2. The molecule has 0 aromatic heterocycles. The Morgan fingerprint density at radius 3 is 2.45 bits per heavy atom. The van der Waals surface area contributed by atoms with Crippen LogP contribution in [0.5, 0.6) is 0 Å². The van der Waals surface area contributed by atoms with Crippen molar-refractivity contribution in [2.24, 2.45) is 0 Å². The molecule has 0 saturated heterocycles. The van der Waals surface area contributed by atoms with Crippen molar-refractivity contribution in [1.82, 2.24) is 0 Å². The number of amides is 1. The van der Waals surface area contributed by atoms with Gasteiger partial charge in [0.25, 0.3) is 5.91 Å². The topological polar surface area (TPSA) is 46.3 Å². The summed E-state index contributed by atoms with van der Waals surface area (Å²) in [5.74, 6) is -0.890. The Morgan fingerprint density at radius 2 is 1.90 bits per heavy atom. The van der Waals surface area contributed by atoms with Gasteiger partial charge in [0.2, 0.25) is 0 Å². The summed E-state index contributed by atoms with van der Waals surface area (Å²) in [4.78, 5) is 14.0. The van der Waals surface area contributed by atoms with Crippen LogP contribution in [-0.4, -0.2) is 12.5 Å². The van der Waals surface area contributed by atoms with Crippen molar-refractivity contribution in [2.75, 3.05) is 17.2 Å². The zero-order valence-electron chi connectivity index (χ0n) is 10.9. The molecule has 0 aliphatic heterocycles. The van der Waals surface area contributed by atoms with Crippen LogP contribution >= 0.6 is 11.6 Å². The van der Waals surface area contributed by atoms with Crippen LogP contribution in [0.1, 0.15) is 17.3 Å². The maximum atomic E-state index is 13.4. The molecule has 2 rings (SSSR count). The standard InChI is InChI=1S/C15H14ClFN2O/c1-2-19(12-6-4-11(18)5-7-12)15(20)10-3-8-13(16)14(17)9-10/h3-9H,2,18H2,1H3. The van der Waals surface area contributed by atoms with Crippen molar-refractivity contribution < 1.29 is 9.18 Å². The number of rotatable bonds is 3. The third-order valence-corrected chi connectivity index (χ3v) is 3.24. The molecule has 104 valence electrons. The molecular formula is C15H14ClFN2O. The Balaban J connectivity index is 2.33. The van der Waals surface area contributed by atoms with Gasteiger partial charge in [-0.1, -0.05) is 11.6 Å². The lowest BCUT2D eigenvalue weighted by Gasteiger charge is -2.21. The van der Waals surface area contributed by atoms with E-state index in [0.29, 0.717) is 17.9 Å². The molecule has 0 fully saturated rings. The van der Waals surface area contributed by atoms with Crippen molar-refractivity contribution in [2.45, 2.75) is 6.92 Å². The predicted molar refractivity (Wildman–Crippen MR) is 79.6 cm³/mol. The van der Waals surface area contributed by atoms with Gasteiger partial charge in [-0.3, -0.25) is 4.79 Å². The van der Waals surface area contributed by atoms with E-state index < -0.39 is 5.82 Å². The number of carbonyl (C=O) groups is 1.